The zero-order chi connectivity index (χ0) is 15.4. The Morgan fingerprint density at radius 2 is 1.95 bits per heavy atom. The van der Waals surface area contributed by atoms with Crippen LogP contribution in [-0.2, 0) is 28.5 Å². The fourth-order valence-electron chi connectivity index (χ4n) is 4.26. The maximum atomic E-state index is 11.5. The van der Waals surface area contributed by atoms with Crippen molar-refractivity contribution in [1.82, 2.24) is 0 Å². The average Bonchev–Trinajstić information content (AvgIpc) is 2.32. The molecule has 0 amide bonds. The zero-order valence-electron chi connectivity index (χ0n) is 12.9. The van der Waals surface area contributed by atoms with Gasteiger partial charge in [0, 0.05) is 26.7 Å². The molecule has 0 N–H and O–H groups in total. The fourth-order valence-corrected chi connectivity index (χ4v) is 4.26. The molecule has 118 valence electrons. The highest BCUT2D eigenvalue weighted by Crippen LogP contribution is 2.63. The minimum absolute atomic E-state index is 0.144. The smallest absolute Gasteiger partial charge is 0.305 e. The maximum absolute atomic E-state index is 11.5. The molecule has 0 aromatic rings. The Kier molecular flexibility index (Phi) is 3.29. The number of carbonyl (C=O) groups excluding carboxylic acids is 2. The fraction of sp³-hybridized carbons (Fsp3) is 0.867. The lowest BCUT2D eigenvalue weighted by atomic mass is 9.55. The van der Waals surface area contributed by atoms with Gasteiger partial charge in [-0.15, -0.1) is 0 Å². The van der Waals surface area contributed by atoms with Gasteiger partial charge in [-0.1, -0.05) is 13.8 Å². The number of carbonyl (C=O) groups is 2. The van der Waals surface area contributed by atoms with Crippen LogP contribution in [0.4, 0.5) is 0 Å². The molecule has 1 aliphatic carbocycles. The first-order valence-corrected chi connectivity index (χ1v) is 7.47. The summed E-state index contributed by atoms with van der Waals surface area (Å²) in [6, 6.07) is 0. The van der Waals surface area contributed by atoms with Crippen LogP contribution in [0.2, 0.25) is 0 Å². The largest absolute Gasteiger partial charge is 0.435 e. The van der Waals surface area contributed by atoms with Gasteiger partial charge in [0.05, 0.1) is 5.92 Å². The summed E-state index contributed by atoms with van der Waals surface area (Å²) in [4.78, 5) is 22.9. The van der Waals surface area contributed by atoms with E-state index in [9.17, 15) is 9.59 Å². The van der Waals surface area contributed by atoms with E-state index in [1.807, 2.05) is 0 Å². The molecule has 4 rings (SSSR count). The lowest BCUT2D eigenvalue weighted by Crippen LogP contribution is -2.71. The number of hydrogen-bond donors (Lipinski definition) is 0. The molecule has 3 aliphatic heterocycles. The average molecular weight is 298 g/mol. The molecule has 4 fully saturated rings. The molecule has 1 unspecified atom stereocenters. The Morgan fingerprint density at radius 3 is 2.57 bits per heavy atom. The second kappa shape index (κ2) is 4.68. The predicted octanol–water partition coefficient (Wildman–Crippen LogP) is 1.96. The minimum Gasteiger partial charge on any atom is -0.435 e. The normalized spacial score (nSPS) is 47.8. The Morgan fingerprint density at radius 1 is 1.24 bits per heavy atom. The molecular weight excluding hydrogens is 276 g/mol. The molecule has 0 radical (unpaired) electrons. The number of ether oxygens (including phenoxy) is 4. The summed E-state index contributed by atoms with van der Waals surface area (Å²) in [5.41, 5.74) is -0.144. The lowest BCUT2D eigenvalue weighted by Gasteiger charge is -2.64. The quantitative estimate of drug-likeness (QED) is 0.726. The molecule has 6 nitrogen and oxygen atoms in total. The first kappa shape index (κ1) is 14.8. The maximum Gasteiger partial charge on any atom is 0.305 e. The van der Waals surface area contributed by atoms with Crippen LogP contribution >= 0.6 is 0 Å². The van der Waals surface area contributed by atoms with E-state index >= 15 is 0 Å². The zero-order valence-corrected chi connectivity index (χ0v) is 12.9. The van der Waals surface area contributed by atoms with Gasteiger partial charge < -0.3 is 18.9 Å². The number of hydrogen-bond acceptors (Lipinski definition) is 6. The van der Waals surface area contributed by atoms with Crippen molar-refractivity contribution in [3.63, 3.8) is 0 Å². The SMILES string of the molecule is CC(=O)O[C@@H]1O[C@H]2C[C@@]3(C)C1[C@](OC(C)=O)(CC[C@@H]3C)O2. The predicted molar refractivity (Wildman–Crippen MR) is 70.6 cm³/mol. The molecule has 3 heterocycles. The Bertz CT molecular complexity index is 477. The van der Waals surface area contributed by atoms with Gasteiger partial charge >= 0.3 is 11.9 Å². The monoisotopic (exact) mass is 298 g/mol. The van der Waals surface area contributed by atoms with Gasteiger partial charge in [0.2, 0.25) is 12.1 Å². The highest BCUT2D eigenvalue weighted by molar-refractivity contribution is 5.67. The molecule has 1 saturated carbocycles. The van der Waals surface area contributed by atoms with Gasteiger partial charge in [-0.3, -0.25) is 9.59 Å². The van der Waals surface area contributed by atoms with E-state index in [0.717, 1.165) is 12.8 Å². The second-order valence-electron chi connectivity index (χ2n) is 6.69. The Balaban J connectivity index is 2.01. The number of esters is 2. The van der Waals surface area contributed by atoms with Crippen molar-refractivity contribution in [2.75, 3.05) is 0 Å². The summed E-state index contributed by atoms with van der Waals surface area (Å²) in [6.07, 6.45) is 0.999. The van der Waals surface area contributed by atoms with Gasteiger partial charge in [-0.25, -0.2) is 0 Å². The van der Waals surface area contributed by atoms with Crippen LogP contribution in [0, 0.1) is 17.3 Å². The van der Waals surface area contributed by atoms with E-state index in [1.165, 1.54) is 13.8 Å². The Labute approximate surface area is 124 Å². The Hall–Kier alpha value is -1.14. The van der Waals surface area contributed by atoms with Crippen molar-refractivity contribution in [3.05, 3.63) is 0 Å². The second-order valence-corrected chi connectivity index (χ2v) is 6.69. The summed E-state index contributed by atoms with van der Waals surface area (Å²) < 4.78 is 22.5. The van der Waals surface area contributed by atoms with E-state index in [2.05, 4.69) is 13.8 Å². The van der Waals surface area contributed by atoms with E-state index in [1.54, 1.807) is 0 Å². The molecular formula is C15H22O6. The van der Waals surface area contributed by atoms with Crippen LogP contribution < -0.4 is 0 Å². The van der Waals surface area contributed by atoms with Crippen molar-refractivity contribution in [2.45, 2.75) is 65.3 Å². The first-order chi connectivity index (χ1) is 9.77. The number of rotatable bonds is 2. The van der Waals surface area contributed by atoms with E-state index in [4.69, 9.17) is 18.9 Å². The van der Waals surface area contributed by atoms with Crippen LogP contribution in [0.3, 0.4) is 0 Å². The van der Waals surface area contributed by atoms with Crippen LogP contribution in [0.1, 0.15) is 47.0 Å². The van der Waals surface area contributed by atoms with Gasteiger partial charge in [0.1, 0.15) is 0 Å². The third kappa shape index (κ3) is 2.16. The third-order valence-electron chi connectivity index (χ3n) is 5.33. The van der Waals surface area contributed by atoms with Crippen LogP contribution in [0.5, 0.6) is 0 Å². The minimum atomic E-state index is -1.03. The van der Waals surface area contributed by atoms with Crippen molar-refractivity contribution >= 4 is 11.9 Å². The number of fused-ring (bicyclic) bond motifs is 1. The summed E-state index contributed by atoms with van der Waals surface area (Å²) in [5, 5.41) is 0. The van der Waals surface area contributed by atoms with E-state index in [0.29, 0.717) is 12.3 Å². The van der Waals surface area contributed by atoms with Crippen molar-refractivity contribution < 1.29 is 28.5 Å². The molecule has 21 heavy (non-hydrogen) atoms. The highest BCUT2D eigenvalue weighted by atomic mass is 16.8. The van der Waals surface area contributed by atoms with E-state index < -0.39 is 24.3 Å². The van der Waals surface area contributed by atoms with Crippen molar-refractivity contribution in [3.8, 4) is 0 Å². The molecule has 6 atom stereocenters. The van der Waals surface area contributed by atoms with Gasteiger partial charge in [0.15, 0.2) is 6.29 Å². The lowest BCUT2D eigenvalue weighted by molar-refractivity contribution is -0.473. The molecule has 0 spiro atoms. The van der Waals surface area contributed by atoms with Crippen LogP contribution in [-0.4, -0.2) is 30.3 Å². The molecule has 6 heteroatoms. The molecule has 0 aromatic heterocycles. The third-order valence-corrected chi connectivity index (χ3v) is 5.33. The summed E-state index contributed by atoms with van der Waals surface area (Å²) in [7, 11) is 0. The molecule has 4 aliphatic rings. The molecule has 3 saturated heterocycles. The highest BCUT2D eigenvalue weighted by Gasteiger charge is 2.69. The first-order valence-electron chi connectivity index (χ1n) is 7.47. The van der Waals surface area contributed by atoms with Gasteiger partial charge in [-0.05, 0) is 17.8 Å². The van der Waals surface area contributed by atoms with Crippen molar-refractivity contribution in [1.29, 1.82) is 0 Å². The topological polar surface area (TPSA) is 71.1 Å². The molecule has 4 bridgehead atoms. The van der Waals surface area contributed by atoms with Gasteiger partial charge in [-0.2, -0.15) is 0 Å². The summed E-state index contributed by atoms with van der Waals surface area (Å²) in [5.74, 6) is -1.71. The van der Waals surface area contributed by atoms with Gasteiger partial charge in [0.25, 0.3) is 0 Å². The standard InChI is InChI=1S/C15H22O6/c1-8-5-6-15(20-10(3)17)12-13(18-9(2)16)19-11(21-15)7-14(8,12)4/h8,11-13H,5-7H2,1-4H3/t8-,11+,12?,13+,14+,15-/m0/s1. The molecule has 0 aromatic carbocycles. The van der Waals surface area contributed by atoms with Crippen LogP contribution in [0.15, 0.2) is 0 Å². The van der Waals surface area contributed by atoms with Crippen molar-refractivity contribution in [2.24, 2.45) is 17.3 Å². The summed E-state index contributed by atoms with van der Waals surface area (Å²) in [6.45, 7) is 7.06. The van der Waals surface area contributed by atoms with Crippen LogP contribution in [0.25, 0.3) is 0 Å². The van der Waals surface area contributed by atoms with E-state index in [-0.39, 0.29) is 17.3 Å². The summed E-state index contributed by atoms with van der Waals surface area (Å²) >= 11 is 0.